The van der Waals surface area contributed by atoms with Crippen LogP contribution in [0.25, 0.3) is 0 Å². The molecule has 0 bridgehead atoms. The van der Waals surface area contributed by atoms with E-state index in [4.69, 9.17) is 19.9 Å². The fraction of sp³-hybridized carbons (Fsp3) is 0.667. The molecule has 0 aromatic heterocycles. The summed E-state index contributed by atoms with van der Waals surface area (Å²) in [5.74, 6) is 2.14. The van der Waals surface area contributed by atoms with Crippen LogP contribution in [0.1, 0.15) is 45.6 Å². The maximum Gasteiger partial charge on any atom is 0.161 e. The largest absolute Gasteiger partial charge is 0.493 e. The quantitative estimate of drug-likeness (QED) is 0.362. The Balaban J connectivity index is 2.70. The van der Waals surface area contributed by atoms with Gasteiger partial charge in [-0.3, -0.25) is 9.59 Å². The van der Waals surface area contributed by atoms with E-state index >= 15 is 0 Å². The lowest BCUT2D eigenvalue weighted by molar-refractivity contribution is -0.121. The van der Waals surface area contributed by atoms with E-state index < -0.39 is 6.04 Å². The number of Topliss-reactive ketones (excluding diaryl/α,β-unsaturated/α-hetero) is 2. The molecule has 0 aliphatic carbocycles. The minimum atomic E-state index is -0.505. The zero-order valence-electron chi connectivity index (χ0n) is 19.7. The van der Waals surface area contributed by atoms with E-state index in [0.717, 1.165) is 24.2 Å². The van der Waals surface area contributed by atoms with E-state index in [1.54, 1.807) is 14.2 Å². The van der Waals surface area contributed by atoms with Crippen LogP contribution in [0.3, 0.4) is 0 Å². The van der Waals surface area contributed by atoms with E-state index in [1.165, 1.54) is 6.92 Å². The molecule has 7 heteroatoms. The van der Waals surface area contributed by atoms with E-state index in [0.29, 0.717) is 44.3 Å². The number of nitrogens with one attached hydrogen (secondary N) is 1. The monoisotopic (exact) mass is 436 g/mol. The number of benzene rings is 1. The first-order valence-electron chi connectivity index (χ1n) is 11.1. The molecule has 0 unspecified atom stereocenters. The summed E-state index contributed by atoms with van der Waals surface area (Å²) in [4.78, 5) is 23.4. The van der Waals surface area contributed by atoms with Crippen LogP contribution in [0.15, 0.2) is 18.2 Å². The van der Waals surface area contributed by atoms with Crippen molar-refractivity contribution in [1.29, 1.82) is 0 Å². The van der Waals surface area contributed by atoms with Crippen molar-refractivity contribution in [2.75, 3.05) is 40.5 Å². The predicted octanol–water partition coefficient (Wildman–Crippen LogP) is 2.78. The van der Waals surface area contributed by atoms with Crippen molar-refractivity contribution in [3.63, 3.8) is 0 Å². The summed E-state index contributed by atoms with van der Waals surface area (Å²) in [5, 5.41) is 2.97. The number of rotatable bonds is 17. The number of carbonyl (C=O) groups is 2. The number of nitrogens with two attached hydrogens (primary N) is 1. The second kappa shape index (κ2) is 14.9. The van der Waals surface area contributed by atoms with Gasteiger partial charge in [0.1, 0.15) is 5.78 Å². The Morgan fingerprint density at radius 3 is 2.48 bits per heavy atom. The summed E-state index contributed by atoms with van der Waals surface area (Å²) in [5.41, 5.74) is 7.35. The highest BCUT2D eigenvalue weighted by Crippen LogP contribution is 2.31. The SMILES string of the molecule is COCCCOc1cc(C[C@@H](C[C@H](N)C(=O)CCNCC(C)=O)C(C)C)ccc1OC. The topological polar surface area (TPSA) is 99.9 Å². The Bertz CT molecular complexity index is 678. The van der Waals surface area contributed by atoms with Crippen LogP contribution in [0.5, 0.6) is 11.5 Å². The third-order valence-corrected chi connectivity index (χ3v) is 5.31. The number of methoxy groups -OCH3 is 2. The molecular formula is C24H40N2O5. The fourth-order valence-corrected chi connectivity index (χ4v) is 3.36. The first-order chi connectivity index (χ1) is 14.8. The molecule has 0 saturated carbocycles. The highest BCUT2D eigenvalue weighted by molar-refractivity contribution is 5.84. The highest BCUT2D eigenvalue weighted by atomic mass is 16.5. The van der Waals surface area contributed by atoms with Gasteiger partial charge in [0, 0.05) is 33.1 Å². The van der Waals surface area contributed by atoms with Gasteiger partial charge in [0.05, 0.1) is 26.3 Å². The summed E-state index contributed by atoms with van der Waals surface area (Å²) >= 11 is 0. The molecule has 1 aromatic carbocycles. The molecule has 176 valence electrons. The zero-order valence-corrected chi connectivity index (χ0v) is 19.7. The highest BCUT2D eigenvalue weighted by Gasteiger charge is 2.22. The second-order valence-electron chi connectivity index (χ2n) is 8.33. The smallest absolute Gasteiger partial charge is 0.161 e. The molecule has 7 nitrogen and oxygen atoms in total. The fourth-order valence-electron chi connectivity index (χ4n) is 3.36. The summed E-state index contributed by atoms with van der Waals surface area (Å²) in [6.07, 6.45) is 2.57. The first-order valence-corrected chi connectivity index (χ1v) is 11.1. The standard InChI is InChI=1S/C24H40N2O5/c1-17(2)20(15-21(25)22(28)9-10-26-16-18(3)27)13-19-7-8-23(30-5)24(14-19)31-12-6-11-29-4/h7-8,14,17,20-21,26H,6,9-13,15-16,25H2,1-5H3/t20-,21-/m0/s1. The summed E-state index contributed by atoms with van der Waals surface area (Å²) in [7, 11) is 3.30. The minimum Gasteiger partial charge on any atom is -0.493 e. The van der Waals surface area contributed by atoms with Crippen molar-refractivity contribution in [3.05, 3.63) is 23.8 Å². The molecule has 0 spiro atoms. The van der Waals surface area contributed by atoms with Gasteiger partial charge in [0.15, 0.2) is 17.3 Å². The molecule has 0 heterocycles. The first kappa shape index (κ1) is 27.1. The van der Waals surface area contributed by atoms with Crippen molar-refractivity contribution in [2.45, 2.75) is 52.5 Å². The van der Waals surface area contributed by atoms with Crippen LogP contribution < -0.4 is 20.5 Å². The van der Waals surface area contributed by atoms with E-state index in [9.17, 15) is 9.59 Å². The molecule has 0 saturated heterocycles. The third kappa shape index (κ3) is 10.8. The summed E-state index contributed by atoms with van der Waals surface area (Å²) in [6, 6.07) is 5.47. The lowest BCUT2D eigenvalue weighted by Gasteiger charge is -2.24. The third-order valence-electron chi connectivity index (χ3n) is 5.31. The van der Waals surface area contributed by atoms with Crippen molar-refractivity contribution in [1.82, 2.24) is 5.32 Å². The molecule has 3 N–H and O–H groups in total. The lowest BCUT2D eigenvalue weighted by Crippen LogP contribution is -2.36. The molecule has 1 rings (SSSR count). The Morgan fingerprint density at radius 1 is 1.13 bits per heavy atom. The zero-order chi connectivity index (χ0) is 23.2. The number of carbonyl (C=O) groups excluding carboxylic acids is 2. The molecule has 0 amide bonds. The Morgan fingerprint density at radius 2 is 1.87 bits per heavy atom. The molecule has 2 atom stereocenters. The number of ketones is 2. The number of ether oxygens (including phenoxy) is 3. The van der Waals surface area contributed by atoms with Crippen LogP contribution in [-0.2, 0) is 20.7 Å². The van der Waals surface area contributed by atoms with Crippen LogP contribution in [0.4, 0.5) is 0 Å². The van der Waals surface area contributed by atoms with Gasteiger partial charge in [-0.25, -0.2) is 0 Å². The summed E-state index contributed by atoms with van der Waals surface area (Å²) in [6.45, 7) is 7.78. The molecular weight excluding hydrogens is 396 g/mol. The van der Waals surface area contributed by atoms with Crippen LogP contribution >= 0.6 is 0 Å². The van der Waals surface area contributed by atoms with Gasteiger partial charge >= 0.3 is 0 Å². The average molecular weight is 437 g/mol. The maximum absolute atomic E-state index is 12.4. The molecule has 0 fully saturated rings. The predicted molar refractivity (Wildman–Crippen MR) is 123 cm³/mol. The van der Waals surface area contributed by atoms with Gasteiger partial charge in [-0.2, -0.15) is 0 Å². The van der Waals surface area contributed by atoms with Crippen LogP contribution in [-0.4, -0.2) is 58.1 Å². The maximum atomic E-state index is 12.4. The normalized spacial score (nSPS) is 13.1. The van der Waals surface area contributed by atoms with Crippen molar-refractivity contribution < 1.29 is 23.8 Å². The lowest BCUT2D eigenvalue weighted by atomic mass is 9.83. The van der Waals surface area contributed by atoms with Gasteiger partial charge in [-0.05, 0) is 49.3 Å². The Labute approximate surface area is 187 Å². The van der Waals surface area contributed by atoms with Gasteiger partial charge < -0.3 is 25.3 Å². The van der Waals surface area contributed by atoms with E-state index in [1.807, 2.05) is 18.2 Å². The number of hydrogen-bond acceptors (Lipinski definition) is 7. The average Bonchev–Trinajstić information content (AvgIpc) is 2.73. The molecule has 31 heavy (non-hydrogen) atoms. The number of hydrogen-bond donors (Lipinski definition) is 2. The van der Waals surface area contributed by atoms with Gasteiger partial charge in [-0.1, -0.05) is 19.9 Å². The van der Waals surface area contributed by atoms with Gasteiger partial charge in [0.25, 0.3) is 0 Å². The van der Waals surface area contributed by atoms with Crippen molar-refractivity contribution in [3.8, 4) is 11.5 Å². The molecule has 0 aliphatic heterocycles. The van der Waals surface area contributed by atoms with Crippen molar-refractivity contribution in [2.24, 2.45) is 17.6 Å². The molecule has 1 aromatic rings. The van der Waals surface area contributed by atoms with E-state index in [-0.39, 0.29) is 24.0 Å². The summed E-state index contributed by atoms with van der Waals surface area (Å²) < 4.78 is 16.4. The van der Waals surface area contributed by atoms with Gasteiger partial charge in [-0.15, -0.1) is 0 Å². The minimum absolute atomic E-state index is 0.0265. The van der Waals surface area contributed by atoms with Crippen LogP contribution in [0.2, 0.25) is 0 Å². The Kier molecular flexibility index (Phi) is 13.1. The van der Waals surface area contributed by atoms with Crippen molar-refractivity contribution >= 4 is 11.6 Å². The molecule has 0 radical (unpaired) electrons. The van der Waals surface area contributed by atoms with E-state index in [2.05, 4.69) is 19.2 Å². The molecule has 0 aliphatic rings. The second-order valence-corrected chi connectivity index (χ2v) is 8.33. The van der Waals surface area contributed by atoms with Gasteiger partial charge in [0.2, 0.25) is 0 Å². The Hall–Kier alpha value is -1.96. The van der Waals surface area contributed by atoms with Crippen LogP contribution in [0, 0.1) is 11.8 Å².